The molecule has 1 aromatic carbocycles. The van der Waals surface area contributed by atoms with Crippen LogP contribution in [0, 0.1) is 11.3 Å². The van der Waals surface area contributed by atoms with Gasteiger partial charge in [-0.05, 0) is 34.6 Å². The van der Waals surface area contributed by atoms with Crippen molar-refractivity contribution in [3.05, 3.63) is 60.8 Å². The summed E-state index contributed by atoms with van der Waals surface area (Å²) in [6.45, 7) is 4.25. The summed E-state index contributed by atoms with van der Waals surface area (Å²) in [6.07, 6.45) is 7.24. The van der Waals surface area contributed by atoms with Crippen molar-refractivity contribution in [1.82, 2.24) is 19.9 Å². The Balaban J connectivity index is 2.31. The SMILES string of the molecule is C=C/C=C(\C=C/COC)c1nc(-c2nonc2N)n(CC#N)c1-c1ccc(OC)cc1. The first-order valence-electron chi connectivity index (χ1n) is 9.33. The normalized spacial score (nSPS) is 11.6. The summed E-state index contributed by atoms with van der Waals surface area (Å²) >= 11 is 0. The second-order valence-electron chi connectivity index (χ2n) is 6.32. The molecule has 9 heteroatoms. The minimum absolute atomic E-state index is 0.0130. The summed E-state index contributed by atoms with van der Waals surface area (Å²) in [5, 5.41) is 17.1. The molecule has 0 bridgehead atoms. The van der Waals surface area contributed by atoms with Gasteiger partial charge in [0, 0.05) is 18.2 Å². The number of ether oxygens (including phenoxy) is 2. The molecule has 0 spiro atoms. The van der Waals surface area contributed by atoms with Crippen molar-refractivity contribution in [2.75, 3.05) is 26.6 Å². The van der Waals surface area contributed by atoms with Crippen molar-refractivity contribution in [3.63, 3.8) is 0 Å². The van der Waals surface area contributed by atoms with Crippen molar-refractivity contribution in [1.29, 1.82) is 5.26 Å². The lowest BCUT2D eigenvalue weighted by Gasteiger charge is -2.10. The van der Waals surface area contributed by atoms with E-state index in [2.05, 4.69) is 23.0 Å². The summed E-state index contributed by atoms with van der Waals surface area (Å²) in [5.74, 6) is 1.17. The van der Waals surface area contributed by atoms with Crippen LogP contribution in [0.4, 0.5) is 5.82 Å². The Bertz CT molecular complexity index is 1150. The Kier molecular flexibility index (Phi) is 6.98. The number of nitrogen functional groups attached to an aromatic ring is 1. The summed E-state index contributed by atoms with van der Waals surface area (Å²) < 4.78 is 16.9. The molecule has 2 aromatic heterocycles. The molecule has 0 fully saturated rings. The van der Waals surface area contributed by atoms with Gasteiger partial charge in [-0.25, -0.2) is 9.61 Å². The van der Waals surface area contributed by atoms with E-state index >= 15 is 0 Å². The number of nitriles is 1. The van der Waals surface area contributed by atoms with Crippen LogP contribution in [0.1, 0.15) is 5.69 Å². The molecular formula is C22H22N6O3. The summed E-state index contributed by atoms with van der Waals surface area (Å²) in [6, 6.07) is 9.64. The number of nitrogens with two attached hydrogens (primary N) is 1. The molecule has 2 heterocycles. The van der Waals surface area contributed by atoms with Gasteiger partial charge < -0.3 is 19.8 Å². The van der Waals surface area contributed by atoms with Gasteiger partial charge in [0.25, 0.3) is 0 Å². The Morgan fingerprint density at radius 2 is 2.06 bits per heavy atom. The smallest absolute Gasteiger partial charge is 0.199 e. The van der Waals surface area contributed by atoms with Gasteiger partial charge in [-0.2, -0.15) is 5.26 Å². The maximum Gasteiger partial charge on any atom is 0.199 e. The zero-order valence-corrected chi connectivity index (χ0v) is 17.3. The van der Waals surface area contributed by atoms with Gasteiger partial charge in [0.15, 0.2) is 17.3 Å². The third-order valence-corrected chi connectivity index (χ3v) is 4.42. The first-order valence-corrected chi connectivity index (χ1v) is 9.33. The maximum atomic E-state index is 9.52. The van der Waals surface area contributed by atoms with E-state index in [9.17, 15) is 5.26 Å². The largest absolute Gasteiger partial charge is 0.497 e. The number of hydrogen-bond donors (Lipinski definition) is 1. The highest BCUT2D eigenvalue weighted by molar-refractivity contribution is 5.85. The van der Waals surface area contributed by atoms with Crippen LogP contribution in [-0.4, -0.2) is 40.7 Å². The number of nitrogens with zero attached hydrogens (tertiary/aromatic N) is 5. The van der Waals surface area contributed by atoms with Crippen molar-refractivity contribution in [3.8, 4) is 34.6 Å². The molecule has 0 aliphatic carbocycles. The van der Waals surface area contributed by atoms with E-state index in [1.807, 2.05) is 42.5 Å². The van der Waals surface area contributed by atoms with Gasteiger partial charge in [0.05, 0.1) is 31.2 Å². The maximum absolute atomic E-state index is 9.52. The molecular weight excluding hydrogens is 396 g/mol. The minimum atomic E-state index is 0.0130. The van der Waals surface area contributed by atoms with Crippen LogP contribution in [-0.2, 0) is 11.3 Å². The number of benzene rings is 1. The van der Waals surface area contributed by atoms with Crippen LogP contribution >= 0.6 is 0 Å². The molecule has 31 heavy (non-hydrogen) atoms. The number of methoxy groups -OCH3 is 2. The van der Waals surface area contributed by atoms with Crippen LogP contribution in [0.2, 0.25) is 0 Å². The Hall–Kier alpha value is -4.16. The molecule has 3 rings (SSSR count). The molecule has 9 nitrogen and oxygen atoms in total. The zero-order chi connectivity index (χ0) is 22.2. The minimum Gasteiger partial charge on any atom is -0.497 e. The average molecular weight is 418 g/mol. The molecule has 0 aliphatic heterocycles. The lowest BCUT2D eigenvalue weighted by molar-refractivity contribution is 0.234. The van der Waals surface area contributed by atoms with Crippen LogP contribution < -0.4 is 10.5 Å². The Labute approximate surface area is 179 Å². The molecule has 0 unspecified atom stereocenters. The van der Waals surface area contributed by atoms with E-state index in [4.69, 9.17) is 24.8 Å². The van der Waals surface area contributed by atoms with Gasteiger partial charge in [-0.15, -0.1) is 0 Å². The molecule has 0 saturated carbocycles. The fourth-order valence-corrected chi connectivity index (χ4v) is 3.06. The predicted octanol–water partition coefficient (Wildman–Crippen LogP) is 3.49. The van der Waals surface area contributed by atoms with Crippen LogP contribution in [0.25, 0.3) is 28.3 Å². The third kappa shape index (κ3) is 4.55. The average Bonchev–Trinajstić information content (AvgIpc) is 3.37. The number of imidazole rings is 1. The molecule has 3 aromatic rings. The topological polar surface area (TPSA) is 125 Å². The van der Waals surface area contributed by atoms with E-state index in [0.29, 0.717) is 29.6 Å². The lowest BCUT2D eigenvalue weighted by Crippen LogP contribution is -2.03. The lowest BCUT2D eigenvalue weighted by atomic mass is 10.0. The molecule has 0 saturated heterocycles. The van der Waals surface area contributed by atoms with E-state index in [0.717, 1.165) is 11.1 Å². The van der Waals surface area contributed by atoms with Crippen molar-refractivity contribution < 1.29 is 14.1 Å². The number of hydrogen-bond acceptors (Lipinski definition) is 8. The van der Waals surface area contributed by atoms with Gasteiger partial charge in [0.1, 0.15) is 12.3 Å². The molecule has 0 aliphatic rings. The standard InChI is InChI=1S/C22H22N6O3/c1-4-6-15(7-5-14-29-2)18-20(16-8-10-17(30-3)11-9-16)28(13-12-23)22(25-18)19-21(24)27-31-26-19/h4-11H,1,13-14H2,2-3H3,(H2,24,27)/b7-5-,15-6+. The third-order valence-electron chi connectivity index (χ3n) is 4.42. The molecule has 0 radical (unpaired) electrons. The Morgan fingerprint density at radius 3 is 2.65 bits per heavy atom. The van der Waals surface area contributed by atoms with Gasteiger partial charge in [0.2, 0.25) is 0 Å². The van der Waals surface area contributed by atoms with E-state index in [1.54, 1.807) is 24.9 Å². The van der Waals surface area contributed by atoms with Crippen LogP contribution in [0.15, 0.2) is 59.8 Å². The van der Waals surface area contributed by atoms with E-state index < -0.39 is 0 Å². The van der Waals surface area contributed by atoms with Crippen molar-refractivity contribution in [2.24, 2.45) is 0 Å². The summed E-state index contributed by atoms with van der Waals surface area (Å²) in [5.41, 5.74) is 9.10. The monoisotopic (exact) mass is 418 g/mol. The second-order valence-corrected chi connectivity index (χ2v) is 6.32. The first-order chi connectivity index (χ1) is 15.1. The fourth-order valence-electron chi connectivity index (χ4n) is 3.06. The number of rotatable bonds is 9. The predicted molar refractivity (Wildman–Crippen MR) is 117 cm³/mol. The van der Waals surface area contributed by atoms with E-state index in [-0.39, 0.29) is 18.1 Å². The highest BCUT2D eigenvalue weighted by Gasteiger charge is 2.25. The van der Waals surface area contributed by atoms with Crippen molar-refractivity contribution >= 4 is 11.4 Å². The summed E-state index contributed by atoms with van der Waals surface area (Å²) in [7, 11) is 3.22. The van der Waals surface area contributed by atoms with Gasteiger partial charge in [-0.1, -0.05) is 30.9 Å². The highest BCUT2D eigenvalue weighted by atomic mass is 16.6. The molecule has 0 atom stereocenters. The molecule has 2 N–H and O–H groups in total. The van der Waals surface area contributed by atoms with Crippen LogP contribution in [0.3, 0.4) is 0 Å². The fraction of sp³-hybridized carbons (Fsp3) is 0.182. The molecule has 0 amide bonds. The quantitative estimate of drug-likeness (QED) is 0.524. The zero-order valence-electron chi connectivity index (χ0n) is 17.3. The number of aromatic nitrogens is 4. The second kappa shape index (κ2) is 10.0. The van der Waals surface area contributed by atoms with Crippen LogP contribution in [0.5, 0.6) is 5.75 Å². The van der Waals surface area contributed by atoms with Gasteiger partial charge in [-0.3, -0.25) is 0 Å². The highest BCUT2D eigenvalue weighted by Crippen LogP contribution is 2.36. The van der Waals surface area contributed by atoms with Crippen molar-refractivity contribution in [2.45, 2.75) is 6.54 Å². The summed E-state index contributed by atoms with van der Waals surface area (Å²) in [4.78, 5) is 4.78. The Morgan fingerprint density at radius 1 is 1.29 bits per heavy atom. The first kappa shape index (κ1) is 21.5. The number of allylic oxidation sites excluding steroid dienone is 4. The van der Waals surface area contributed by atoms with Gasteiger partial charge >= 0.3 is 0 Å². The van der Waals surface area contributed by atoms with E-state index in [1.165, 1.54) is 0 Å². The number of anilines is 1. The molecule has 158 valence electrons.